The summed E-state index contributed by atoms with van der Waals surface area (Å²) in [5.74, 6) is -0.307. The maximum atomic E-state index is 12.3. The van der Waals surface area contributed by atoms with Gasteiger partial charge in [0.25, 0.3) is 5.91 Å². The number of hydrogen-bond acceptors (Lipinski definition) is 4. The zero-order valence-corrected chi connectivity index (χ0v) is 14.6. The number of hydrogen-bond donors (Lipinski definition) is 1. The van der Waals surface area contributed by atoms with Gasteiger partial charge in [-0.05, 0) is 35.9 Å². The maximum absolute atomic E-state index is 12.3. The van der Waals surface area contributed by atoms with E-state index in [9.17, 15) is 13.2 Å². The average Bonchev–Trinajstić information content (AvgIpc) is 2.56. The molecule has 0 bridgehead atoms. The van der Waals surface area contributed by atoms with Gasteiger partial charge < -0.3 is 10.1 Å². The standard InChI is InChI=1S/C17H20N2O4S/c1-19(2)24(21,22)16-6-4-5-15(11-16)18-17(20)14-9-7-13(8-10-14)12-23-3/h4-11H,12H2,1-3H3,(H,18,20). The van der Waals surface area contributed by atoms with Crippen LogP contribution >= 0.6 is 0 Å². The minimum absolute atomic E-state index is 0.126. The van der Waals surface area contributed by atoms with Crippen LogP contribution in [-0.2, 0) is 21.4 Å². The molecule has 0 aromatic heterocycles. The zero-order valence-electron chi connectivity index (χ0n) is 13.8. The molecule has 1 N–H and O–H groups in total. The van der Waals surface area contributed by atoms with Gasteiger partial charge in [-0.3, -0.25) is 4.79 Å². The second-order valence-corrected chi connectivity index (χ2v) is 7.55. The quantitative estimate of drug-likeness (QED) is 0.869. The Kier molecular flexibility index (Phi) is 5.71. The molecule has 2 aromatic rings. The molecule has 0 saturated carbocycles. The molecule has 128 valence electrons. The van der Waals surface area contributed by atoms with Gasteiger partial charge in [-0.2, -0.15) is 0 Å². The van der Waals surface area contributed by atoms with Gasteiger partial charge >= 0.3 is 0 Å². The summed E-state index contributed by atoms with van der Waals surface area (Å²) in [6.45, 7) is 0.479. The molecule has 1 amide bonds. The number of benzene rings is 2. The second-order valence-electron chi connectivity index (χ2n) is 5.40. The molecule has 2 aromatic carbocycles. The molecular formula is C17H20N2O4S. The summed E-state index contributed by atoms with van der Waals surface area (Å²) in [6.07, 6.45) is 0. The van der Waals surface area contributed by atoms with E-state index in [0.29, 0.717) is 17.9 Å². The van der Waals surface area contributed by atoms with Crippen LogP contribution in [0, 0.1) is 0 Å². The number of nitrogens with one attached hydrogen (secondary N) is 1. The second kappa shape index (κ2) is 7.57. The molecule has 0 fully saturated rings. The fraction of sp³-hybridized carbons (Fsp3) is 0.235. The van der Waals surface area contributed by atoms with E-state index in [1.807, 2.05) is 12.1 Å². The van der Waals surface area contributed by atoms with Crippen molar-refractivity contribution in [2.75, 3.05) is 26.5 Å². The number of nitrogens with zero attached hydrogens (tertiary/aromatic N) is 1. The third kappa shape index (κ3) is 4.19. The predicted molar refractivity (Wildman–Crippen MR) is 92.4 cm³/mol. The molecule has 0 aliphatic rings. The van der Waals surface area contributed by atoms with Gasteiger partial charge in [0.2, 0.25) is 10.0 Å². The summed E-state index contributed by atoms with van der Waals surface area (Å²) in [4.78, 5) is 12.4. The zero-order chi connectivity index (χ0) is 17.7. The highest BCUT2D eigenvalue weighted by molar-refractivity contribution is 7.89. The summed E-state index contributed by atoms with van der Waals surface area (Å²) in [5.41, 5.74) is 1.87. The number of amides is 1. The highest BCUT2D eigenvalue weighted by Gasteiger charge is 2.17. The fourth-order valence-corrected chi connectivity index (χ4v) is 3.02. The number of carbonyl (C=O) groups excluding carboxylic acids is 1. The molecular weight excluding hydrogens is 328 g/mol. The van der Waals surface area contributed by atoms with Crippen molar-refractivity contribution in [3.63, 3.8) is 0 Å². The van der Waals surface area contributed by atoms with Crippen molar-refractivity contribution in [1.29, 1.82) is 0 Å². The minimum Gasteiger partial charge on any atom is -0.380 e. The summed E-state index contributed by atoms with van der Waals surface area (Å²) in [7, 11) is 0.984. The van der Waals surface area contributed by atoms with Crippen LogP contribution in [0.15, 0.2) is 53.4 Å². The van der Waals surface area contributed by atoms with E-state index >= 15 is 0 Å². The number of methoxy groups -OCH3 is 1. The summed E-state index contributed by atoms with van der Waals surface area (Å²) in [6, 6.07) is 13.2. The van der Waals surface area contributed by atoms with E-state index < -0.39 is 10.0 Å². The monoisotopic (exact) mass is 348 g/mol. The van der Waals surface area contributed by atoms with E-state index in [-0.39, 0.29) is 10.8 Å². The largest absolute Gasteiger partial charge is 0.380 e. The number of sulfonamides is 1. The van der Waals surface area contributed by atoms with Gasteiger partial charge in [-0.25, -0.2) is 12.7 Å². The van der Waals surface area contributed by atoms with Crippen molar-refractivity contribution < 1.29 is 17.9 Å². The molecule has 0 atom stereocenters. The molecule has 0 heterocycles. The SMILES string of the molecule is COCc1ccc(C(=O)Nc2cccc(S(=O)(=O)N(C)C)c2)cc1. The first-order valence-electron chi connectivity index (χ1n) is 7.26. The van der Waals surface area contributed by atoms with Crippen molar-refractivity contribution in [3.05, 3.63) is 59.7 Å². The number of rotatable bonds is 6. The molecule has 0 radical (unpaired) electrons. The lowest BCUT2D eigenvalue weighted by molar-refractivity contribution is 0.102. The third-order valence-electron chi connectivity index (χ3n) is 3.40. The Balaban J connectivity index is 2.17. The molecule has 7 heteroatoms. The smallest absolute Gasteiger partial charge is 0.255 e. The van der Waals surface area contributed by atoms with Crippen LogP contribution in [0.3, 0.4) is 0 Å². The molecule has 0 spiro atoms. The van der Waals surface area contributed by atoms with Crippen LogP contribution in [0.25, 0.3) is 0 Å². The maximum Gasteiger partial charge on any atom is 0.255 e. The van der Waals surface area contributed by atoms with E-state index in [2.05, 4.69) is 5.32 Å². The van der Waals surface area contributed by atoms with Crippen LogP contribution in [0.1, 0.15) is 15.9 Å². The van der Waals surface area contributed by atoms with Crippen molar-refractivity contribution in [2.24, 2.45) is 0 Å². The van der Waals surface area contributed by atoms with Crippen molar-refractivity contribution in [2.45, 2.75) is 11.5 Å². The van der Waals surface area contributed by atoms with Crippen molar-refractivity contribution in [3.8, 4) is 0 Å². The Bertz CT molecular complexity index is 815. The van der Waals surface area contributed by atoms with Crippen LogP contribution < -0.4 is 5.32 Å². The molecule has 0 aliphatic carbocycles. The molecule has 0 saturated heterocycles. The first kappa shape index (κ1) is 18.1. The Morgan fingerprint density at radius 2 is 1.79 bits per heavy atom. The lowest BCUT2D eigenvalue weighted by atomic mass is 10.1. The van der Waals surface area contributed by atoms with E-state index in [1.165, 1.54) is 26.2 Å². The van der Waals surface area contributed by atoms with Crippen LogP contribution in [0.2, 0.25) is 0 Å². The summed E-state index contributed by atoms with van der Waals surface area (Å²) in [5, 5.41) is 2.71. The molecule has 24 heavy (non-hydrogen) atoms. The van der Waals surface area contributed by atoms with E-state index in [0.717, 1.165) is 9.87 Å². The Morgan fingerprint density at radius 3 is 2.38 bits per heavy atom. The van der Waals surface area contributed by atoms with Gasteiger partial charge in [0, 0.05) is 32.5 Å². The molecule has 0 aliphatic heterocycles. The third-order valence-corrected chi connectivity index (χ3v) is 5.21. The average molecular weight is 348 g/mol. The summed E-state index contributed by atoms with van der Waals surface area (Å²) < 4.78 is 30.4. The minimum atomic E-state index is -3.54. The fourth-order valence-electron chi connectivity index (χ4n) is 2.07. The Hall–Kier alpha value is -2.22. The van der Waals surface area contributed by atoms with Crippen LogP contribution in [-0.4, -0.2) is 39.8 Å². The number of ether oxygens (including phenoxy) is 1. The molecule has 6 nitrogen and oxygen atoms in total. The van der Waals surface area contributed by atoms with Crippen LogP contribution in [0.4, 0.5) is 5.69 Å². The first-order chi connectivity index (χ1) is 11.3. The van der Waals surface area contributed by atoms with Gasteiger partial charge in [0.05, 0.1) is 11.5 Å². The highest BCUT2D eigenvalue weighted by Crippen LogP contribution is 2.18. The topological polar surface area (TPSA) is 75.7 Å². The number of carbonyl (C=O) groups is 1. The van der Waals surface area contributed by atoms with E-state index in [1.54, 1.807) is 31.4 Å². The Morgan fingerprint density at radius 1 is 1.12 bits per heavy atom. The van der Waals surface area contributed by atoms with E-state index in [4.69, 9.17) is 4.74 Å². The van der Waals surface area contributed by atoms with Gasteiger partial charge in [-0.15, -0.1) is 0 Å². The summed E-state index contributed by atoms with van der Waals surface area (Å²) >= 11 is 0. The van der Waals surface area contributed by atoms with Gasteiger partial charge in [0.15, 0.2) is 0 Å². The molecule has 2 rings (SSSR count). The number of anilines is 1. The normalized spacial score (nSPS) is 11.5. The van der Waals surface area contributed by atoms with Crippen LogP contribution in [0.5, 0.6) is 0 Å². The lowest BCUT2D eigenvalue weighted by Crippen LogP contribution is -2.22. The molecule has 0 unspecified atom stereocenters. The van der Waals surface area contributed by atoms with Gasteiger partial charge in [0.1, 0.15) is 0 Å². The Labute approximate surface area is 142 Å². The first-order valence-corrected chi connectivity index (χ1v) is 8.70. The highest BCUT2D eigenvalue weighted by atomic mass is 32.2. The van der Waals surface area contributed by atoms with Gasteiger partial charge in [-0.1, -0.05) is 18.2 Å². The lowest BCUT2D eigenvalue weighted by Gasteiger charge is -2.12. The predicted octanol–water partition coefficient (Wildman–Crippen LogP) is 2.34. The van der Waals surface area contributed by atoms with Crippen molar-refractivity contribution in [1.82, 2.24) is 4.31 Å². The van der Waals surface area contributed by atoms with Crippen molar-refractivity contribution >= 4 is 21.6 Å².